The number of nitrogens with zero attached hydrogens (tertiary/aromatic N) is 4. The van der Waals surface area contributed by atoms with E-state index in [0.29, 0.717) is 24.6 Å². The van der Waals surface area contributed by atoms with Crippen molar-refractivity contribution in [2.45, 2.75) is 13.1 Å². The molecule has 0 aliphatic heterocycles. The molecule has 0 radical (unpaired) electrons. The first kappa shape index (κ1) is 24.2. The van der Waals surface area contributed by atoms with Crippen LogP contribution in [0.5, 0.6) is 11.5 Å². The van der Waals surface area contributed by atoms with Crippen molar-refractivity contribution in [1.82, 2.24) is 14.8 Å². The number of nitro benzene ring substituents is 1. The minimum absolute atomic E-state index is 0.103. The predicted octanol–water partition coefficient (Wildman–Crippen LogP) is 4.12. The highest BCUT2D eigenvalue weighted by molar-refractivity contribution is 5.97. The highest BCUT2D eigenvalue weighted by atomic mass is 16.6. The summed E-state index contributed by atoms with van der Waals surface area (Å²) in [4.78, 5) is 28.4. The Balaban J connectivity index is 1.63. The number of methoxy groups -OCH3 is 2. The number of hydrogen-bond donors (Lipinski definition) is 2. The van der Waals surface area contributed by atoms with Gasteiger partial charge < -0.3 is 20.1 Å². The summed E-state index contributed by atoms with van der Waals surface area (Å²) in [6, 6.07) is 20.4. The number of nitrogens with one attached hydrogen (secondary N) is 2. The molecule has 0 fully saturated rings. The predicted molar refractivity (Wildman–Crippen MR) is 133 cm³/mol. The molecule has 4 aromatic rings. The molecule has 36 heavy (non-hydrogen) atoms. The third-order valence-electron chi connectivity index (χ3n) is 5.36. The zero-order chi connectivity index (χ0) is 25.5. The summed E-state index contributed by atoms with van der Waals surface area (Å²) in [7, 11) is 3.16. The van der Waals surface area contributed by atoms with E-state index in [1.165, 1.54) is 24.3 Å². The van der Waals surface area contributed by atoms with Crippen molar-refractivity contribution < 1.29 is 19.2 Å². The first-order chi connectivity index (χ1) is 17.5. The number of hydrogen-bond acceptors (Lipinski definition) is 9. The zero-order valence-electron chi connectivity index (χ0n) is 19.7. The van der Waals surface area contributed by atoms with Crippen LogP contribution in [-0.4, -0.2) is 39.8 Å². The molecule has 1 heterocycles. The maximum absolute atomic E-state index is 13.3. The van der Waals surface area contributed by atoms with Crippen LogP contribution in [-0.2, 0) is 13.1 Å². The molecule has 0 spiro atoms. The average molecular weight is 489 g/mol. The van der Waals surface area contributed by atoms with Crippen LogP contribution in [0.25, 0.3) is 0 Å². The van der Waals surface area contributed by atoms with Crippen molar-refractivity contribution in [3.8, 4) is 11.5 Å². The van der Waals surface area contributed by atoms with Crippen molar-refractivity contribution in [2.75, 3.05) is 24.9 Å². The van der Waals surface area contributed by atoms with Crippen LogP contribution >= 0.6 is 0 Å². The number of benzene rings is 3. The third kappa shape index (κ3) is 5.41. The fourth-order valence-electron chi connectivity index (χ4n) is 3.56. The van der Waals surface area contributed by atoms with Gasteiger partial charge in [0, 0.05) is 41.9 Å². The average Bonchev–Trinajstić information content (AvgIpc) is 3.33. The van der Waals surface area contributed by atoms with Crippen molar-refractivity contribution >= 4 is 23.5 Å². The molecule has 3 aromatic carbocycles. The minimum atomic E-state index is -0.570. The van der Waals surface area contributed by atoms with Crippen LogP contribution in [0.15, 0.2) is 72.8 Å². The molecule has 11 heteroatoms. The van der Waals surface area contributed by atoms with Gasteiger partial charge in [0.15, 0.2) is 0 Å². The largest absolute Gasteiger partial charge is 0.496 e. The fraction of sp³-hybridized carbons (Fsp3) is 0.160. The van der Waals surface area contributed by atoms with Gasteiger partial charge in [-0.05, 0) is 18.2 Å². The molecule has 0 amide bonds. The molecule has 0 atom stereocenters. The topological polar surface area (TPSA) is 133 Å². The Kier molecular flexibility index (Phi) is 7.39. The van der Waals surface area contributed by atoms with Gasteiger partial charge in [-0.1, -0.05) is 42.5 Å². The minimum Gasteiger partial charge on any atom is -0.496 e. The van der Waals surface area contributed by atoms with E-state index in [9.17, 15) is 14.9 Å². The summed E-state index contributed by atoms with van der Waals surface area (Å²) >= 11 is 0. The number of ether oxygens (including phenoxy) is 2. The number of non-ortho nitro benzene ring substituents is 1. The molecule has 0 saturated carbocycles. The first-order valence-electron chi connectivity index (χ1n) is 11.0. The Morgan fingerprint density at radius 1 is 0.917 bits per heavy atom. The first-order valence-corrected chi connectivity index (χ1v) is 11.0. The molecule has 11 nitrogen and oxygen atoms in total. The molecule has 0 unspecified atom stereocenters. The van der Waals surface area contributed by atoms with Crippen LogP contribution in [0.3, 0.4) is 0 Å². The molecule has 0 aliphatic carbocycles. The summed E-state index contributed by atoms with van der Waals surface area (Å²) in [6.45, 7) is 0.655. The van der Waals surface area contributed by atoms with Crippen LogP contribution < -0.4 is 20.1 Å². The van der Waals surface area contributed by atoms with Crippen LogP contribution in [0.2, 0.25) is 0 Å². The Labute approximate surface area is 206 Å². The van der Waals surface area contributed by atoms with E-state index >= 15 is 0 Å². The van der Waals surface area contributed by atoms with Crippen molar-refractivity contribution in [1.29, 1.82) is 0 Å². The van der Waals surface area contributed by atoms with Gasteiger partial charge in [0.25, 0.3) is 11.6 Å². The normalized spacial score (nSPS) is 10.5. The quantitative estimate of drug-likeness (QED) is 0.250. The molecule has 2 N–H and O–H groups in total. The number of anilines is 2. The highest BCUT2D eigenvalue weighted by Crippen LogP contribution is 2.22. The molecule has 184 valence electrons. The van der Waals surface area contributed by atoms with Gasteiger partial charge in [-0.15, -0.1) is 5.10 Å². The van der Waals surface area contributed by atoms with Gasteiger partial charge in [-0.25, -0.2) is 0 Å². The Bertz CT molecular complexity index is 1390. The maximum Gasteiger partial charge on any atom is 0.281 e. The smallest absolute Gasteiger partial charge is 0.281 e. The maximum atomic E-state index is 13.3. The van der Waals surface area contributed by atoms with E-state index in [1.807, 2.05) is 48.5 Å². The molecule has 0 bridgehead atoms. The SMILES string of the molecule is COc1ccccc1CNc1nc(NCc2ccccc2OC)n(C(=O)c2cccc([N+](=O)[O-])c2)n1. The second-order valence-corrected chi connectivity index (χ2v) is 7.61. The number of carbonyl (C=O) groups is 1. The second kappa shape index (κ2) is 11.0. The lowest BCUT2D eigenvalue weighted by molar-refractivity contribution is -0.384. The van der Waals surface area contributed by atoms with Gasteiger partial charge in [0.05, 0.1) is 19.1 Å². The number of para-hydroxylation sites is 2. The molecular weight excluding hydrogens is 464 g/mol. The van der Waals surface area contributed by atoms with Crippen LogP contribution in [0.1, 0.15) is 21.5 Å². The van der Waals surface area contributed by atoms with E-state index in [4.69, 9.17) is 9.47 Å². The van der Waals surface area contributed by atoms with Gasteiger partial charge in [0.1, 0.15) is 11.5 Å². The Morgan fingerprint density at radius 2 is 1.53 bits per heavy atom. The lowest BCUT2D eigenvalue weighted by Gasteiger charge is -2.10. The van der Waals surface area contributed by atoms with Crippen LogP contribution in [0.4, 0.5) is 17.6 Å². The van der Waals surface area contributed by atoms with E-state index < -0.39 is 10.8 Å². The number of aromatic nitrogens is 3. The Hall–Kier alpha value is -4.93. The lowest BCUT2D eigenvalue weighted by Crippen LogP contribution is -2.18. The van der Waals surface area contributed by atoms with Crippen molar-refractivity contribution in [3.05, 3.63) is 99.6 Å². The summed E-state index contributed by atoms with van der Waals surface area (Å²) in [5.41, 5.74) is 1.63. The van der Waals surface area contributed by atoms with Gasteiger partial charge >= 0.3 is 0 Å². The Morgan fingerprint density at radius 3 is 2.14 bits per heavy atom. The number of rotatable bonds is 10. The molecule has 0 saturated heterocycles. The fourth-order valence-corrected chi connectivity index (χ4v) is 3.56. The van der Waals surface area contributed by atoms with Gasteiger partial charge in [-0.2, -0.15) is 9.67 Å². The van der Waals surface area contributed by atoms with Gasteiger partial charge in [0.2, 0.25) is 11.9 Å². The lowest BCUT2D eigenvalue weighted by atomic mass is 10.2. The van der Waals surface area contributed by atoms with E-state index in [1.54, 1.807) is 14.2 Å². The summed E-state index contributed by atoms with van der Waals surface area (Å²) < 4.78 is 11.9. The van der Waals surface area contributed by atoms with Crippen molar-refractivity contribution in [2.24, 2.45) is 0 Å². The van der Waals surface area contributed by atoms with Crippen molar-refractivity contribution in [3.63, 3.8) is 0 Å². The van der Waals surface area contributed by atoms with Gasteiger partial charge in [-0.3, -0.25) is 14.9 Å². The molecule has 1 aromatic heterocycles. The second-order valence-electron chi connectivity index (χ2n) is 7.61. The third-order valence-corrected chi connectivity index (χ3v) is 5.36. The summed E-state index contributed by atoms with van der Waals surface area (Å²) in [6.07, 6.45) is 0. The van der Waals surface area contributed by atoms with E-state index in [0.717, 1.165) is 15.8 Å². The summed E-state index contributed by atoms with van der Waals surface area (Å²) in [5.74, 6) is 1.17. The number of carbonyl (C=O) groups excluding carboxylic acids is 1. The number of nitro groups is 1. The molecule has 4 rings (SSSR count). The molecule has 0 aliphatic rings. The van der Waals surface area contributed by atoms with Crippen LogP contribution in [0, 0.1) is 10.1 Å². The summed E-state index contributed by atoms with van der Waals surface area (Å²) in [5, 5.41) is 21.7. The highest BCUT2D eigenvalue weighted by Gasteiger charge is 2.20. The standard InChI is InChI=1S/C25H24N6O5/c1-35-21-12-5-3-8-18(21)15-26-24-28-25(27-16-19-9-4-6-13-22(19)36-2)30(29-24)23(32)17-10-7-11-20(14-17)31(33)34/h3-14H,15-16H2,1-2H3,(H2,26,27,28,29). The monoisotopic (exact) mass is 488 g/mol. The zero-order valence-corrected chi connectivity index (χ0v) is 19.7. The van der Waals surface area contributed by atoms with E-state index in [-0.39, 0.29) is 23.1 Å². The molecular formula is C25H24N6O5. The van der Waals surface area contributed by atoms with E-state index in [2.05, 4.69) is 20.7 Å².